The number of imide groups is 1. The molecule has 0 fully saturated rings. The molecule has 0 atom stereocenters. The lowest BCUT2D eigenvalue weighted by atomic mass is 10.0. The Balaban J connectivity index is 2.00. The minimum atomic E-state index is -0.425. The van der Waals surface area contributed by atoms with Crippen LogP contribution in [0, 0.1) is 0 Å². The van der Waals surface area contributed by atoms with E-state index in [4.69, 9.17) is 18.9 Å². The fourth-order valence-electron chi connectivity index (χ4n) is 3.34. The zero-order chi connectivity index (χ0) is 23.3. The first-order valence-electron chi connectivity index (χ1n) is 10.2. The Morgan fingerprint density at radius 1 is 0.875 bits per heavy atom. The van der Waals surface area contributed by atoms with Gasteiger partial charge < -0.3 is 24.3 Å². The van der Waals surface area contributed by atoms with Crippen molar-refractivity contribution in [3.05, 3.63) is 53.7 Å². The van der Waals surface area contributed by atoms with Crippen LogP contribution in [0.3, 0.4) is 0 Å². The van der Waals surface area contributed by atoms with Crippen LogP contribution in [0.15, 0.2) is 48.2 Å². The van der Waals surface area contributed by atoms with Gasteiger partial charge in [0.1, 0.15) is 22.9 Å². The number of hydrogen-bond donors (Lipinski definition) is 1. The molecular weight excluding hydrogens is 412 g/mol. The van der Waals surface area contributed by atoms with Crippen LogP contribution in [0.5, 0.6) is 17.2 Å². The van der Waals surface area contributed by atoms with E-state index < -0.39 is 5.91 Å². The minimum absolute atomic E-state index is 0.00187. The molecule has 2 aromatic carbocycles. The number of hydrogen-bond acceptors (Lipinski definition) is 7. The topological polar surface area (TPSA) is 86.3 Å². The Hall–Kier alpha value is -3.52. The van der Waals surface area contributed by atoms with E-state index in [1.807, 2.05) is 13.8 Å². The molecule has 3 rings (SSSR count). The molecule has 1 aliphatic rings. The lowest BCUT2D eigenvalue weighted by molar-refractivity contribution is -0.137. The van der Waals surface area contributed by atoms with E-state index in [1.165, 1.54) is 12.0 Å². The minimum Gasteiger partial charge on any atom is -0.497 e. The summed E-state index contributed by atoms with van der Waals surface area (Å²) in [5, 5.41) is 3.11. The number of benzene rings is 2. The SMILES string of the molecule is COc1ccc(C2=C(Nc3ccc(OC)cc3OC)C(=O)N(CCOC(C)C)C2=O)cc1. The summed E-state index contributed by atoms with van der Waals surface area (Å²) in [6, 6.07) is 12.2. The van der Waals surface area contributed by atoms with Crippen molar-refractivity contribution in [2.75, 3.05) is 39.8 Å². The number of ether oxygens (including phenoxy) is 4. The van der Waals surface area contributed by atoms with E-state index in [9.17, 15) is 9.59 Å². The van der Waals surface area contributed by atoms with Crippen LogP contribution >= 0.6 is 0 Å². The number of anilines is 1. The molecule has 1 aliphatic heterocycles. The maximum absolute atomic E-state index is 13.3. The van der Waals surface area contributed by atoms with Crippen LogP contribution in [-0.2, 0) is 14.3 Å². The molecule has 32 heavy (non-hydrogen) atoms. The fraction of sp³-hybridized carbons (Fsp3) is 0.333. The number of methoxy groups -OCH3 is 3. The maximum atomic E-state index is 13.3. The second-order valence-corrected chi connectivity index (χ2v) is 7.35. The standard InChI is InChI=1S/C24H28N2O6/c1-15(2)32-13-12-26-23(27)21(16-6-8-17(29-3)9-7-16)22(24(26)28)25-19-11-10-18(30-4)14-20(19)31-5/h6-11,14-15,25H,12-13H2,1-5H3. The van der Waals surface area contributed by atoms with Crippen molar-refractivity contribution in [2.24, 2.45) is 0 Å². The van der Waals surface area contributed by atoms with E-state index in [2.05, 4.69) is 5.32 Å². The van der Waals surface area contributed by atoms with Gasteiger partial charge in [0.25, 0.3) is 11.8 Å². The molecule has 0 saturated heterocycles. The second-order valence-electron chi connectivity index (χ2n) is 7.35. The molecule has 0 unspecified atom stereocenters. The van der Waals surface area contributed by atoms with Gasteiger partial charge in [-0.15, -0.1) is 0 Å². The Morgan fingerprint density at radius 2 is 1.53 bits per heavy atom. The van der Waals surface area contributed by atoms with Gasteiger partial charge in [-0.3, -0.25) is 14.5 Å². The zero-order valence-corrected chi connectivity index (χ0v) is 18.9. The van der Waals surface area contributed by atoms with Crippen LogP contribution in [-0.4, -0.2) is 57.3 Å². The van der Waals surface area contributed by atoms with E-state index >= 15 is 0 Å². The van der Waals surface area contributed by atoms with Gasteiger partial charge in [0, 0.05) is 6.07 Å². The molecule has 0 radical (unpaired) electrons. The summed E-state index contributed by atoms with van der Waals surface area (Å²) in [6.45, 7) is 4.21. The Morgan fingerprint density at radius 3 is 2.12 bits per heavy atom. The number of nitrogens with one attached hydrogen (secondary N) is 1. The van der Waals surface area contributed by atoms with Gasteiger partial charge in [-0.1, -0.05) is 12.1 Å². The van der Waals surface area contributed by atoms with Crippen molar-refractivity contribution in [1.82, 2.24) is 4.90 Å². The summed E-state index contributed by atoms with van der Waals surface area (Å²) in [5.74, 6) is 0.930. The molecule has 8 nitrogen and oxygen atoms in total. The van der Waals surface area contributed by atoms with Crippen molar-refractivity contribution in [1.29, 1.82) is 0 Å². The summed E-state index contributed by atoms with van der Waals surface area (Å²) >= 11 is 0. The van der Waals surface area contributed by atoms with Crippen LogP contribution in [0.25, 0.3) is 5.57 Å². The molecule has 8 heteroatoms. The third-order valence-corrected chi connectivity index (χ3v) is 4.98. The number of nitrogens with zero attached hydrogens (tertiary/aromatic N) is 1. The highest BCUT2D eigenvalue weighted by Gasteiger charge is 2.39. The Labute approximate surface area is 187 Å². The van der Waals surface area contributed by atoms with Crippen molar-refractivity contribution in [3.8, 4) is 17.2 Å². The lowest BCUT2D eigenvalue weighted by Crippen LogP contribution is -2.35. The van der Waals surface area contributed by atoms with E-state index in [1.54, 1.807) is 56.7 Å². The molecule has 0 aliphatic carbocycles. The van der Waals surface area contributed by atoms with Crippen molar-refractivity contribution >= 4 is 23.1 Å². The van der Waals surface area contributed by atoms with E-state index in [0.29, 0.717) is 28.5 Å². The summed E-state index contributed by atoms with van der Waals surface area (Å²) in [7, 11) is 4.65. The molecule has 0 saturated carbocycles. The normalized spacial score (nSPS) is 13.8. The number of amides is 2. The fourth-order valence-corrected chi connectivity index (χ4v) is 3.34. The van der Waals surface area contributed by atoms with E-state index in [0.717, 1.165) is 0 Å². The summed E-state index contributed by atoms with van der Waals surface area (Å²) in [5.41, 5.74) is 1.59. The summed E-state index contributed by atoms with van der Waals surface area (Å²) < 4.78 is 21.4. The smallest absolute Gasteiger partial charge is 0.278 e. The highest BCUT2D eigenvalue weighted by Crippen LogP contribution is 2.35. The van der Waals surface area contributed by atoms with Gasteiger partial charge in [-0.25, -0.2) is 0 Å². The van der Waals surface area contributed by atoms with Gasteiger partial charge in [0.05, 0.1) is 51.8 Å². The number of rotatable bonds is 10. The van der Waals surface area contributed by atoms with Gasteiger partial charge in [0.15, 0.2) is 0 Å². The first-order valence-corrected chi connectivity index (χ1v) is 10.2. The van der Waals surface area contributed by atoms with Gasteiger partial charge in [-0.05, 0) is 43.7 Å². The number of carbonyl (C=O) groups is 2. The molecule has 170 valence electrons. The average Bonchev–Trinajstić information content (AvgIpc) is 3.03. The van der Waals surface area contributed by atoms with Crippen LogP contribution in [0.1, 0.15) is 19.4 Å². The number of carbonyl (C=O) groups excluding carboxylic acids is 2. The molecule has 2 aromatic rings. The predicted octanol–water partition coefficient (Wildman–Crippen LogP) is 3.33. The van der Waals surface area contributed by atoms with Gasteiger partial charge >= 0.3 is 0 Å². The van der Waals surface area contributed by atoms with Crippen molar-refractivity contribution < 1.29 is 28.5 Å². The van der Waals surface area contributed by atoms with Crippen LogP contribution in [0.4, 0.5) is 5.69 Å². The monoisotopic (exact) mass is 440 g/mol. The summed E-state index contributed by atoms with van der Waals surface area (Å²) in [4.78, 5) is 27.7. The molecule has 1 N–H and O–H groups in total. The first kappa shape index (κ1) is 23.1. The third kappa shape index (κ3) is 4.86. The highest BCUT2D eigenvalue weighted by atomic mass is 16.5. The van der Waals surface area contributed by atoms with Crippen LogP contribution < -0.4 is 19.5 Å². The lowest BCUT2D eigenvalue weighted by Gasteiger charge is -2.17. The summed E-state index contributed by atoms with van der Waals surface area (Å²) in [6.07, 6.45) is -0.00187. The zero-order valence-electron chi connectivity index (χ0n) is 18.9. The van der Waals surface area contributed by atoms with Crippen LogP contribution in [0.2, 0.25) is 0 Å². The van der Waals surface area contributed by atoms with Gasteiger partial charge in [0.2, 0.25) is 0 Å². The van der Waals surface area contributed by atoms with Crippen molar-refractivity contribution in [2.45, 2.75) is 20.0 Å². The molecule has 0 spiro atoms. The molecular formula is C24H28N2O6. The van der Waals surface area contributed by atoms with Crippen molar-refractivity contribution in [3.63, 3.8) is 0 Å². The molecule has 1 heterocycles. The first-order chi connectivity index (χ1) is 15.4. The molecule has 0 bridgehead atoms. The van der Waals surface area contributed by atoms with E-state index in [-0.39, 0.29) is 36.4 Å². The molecule has 0 aromatic heterocycles. The predicted molar refractivity (Wildman–Crippen MR) is 121 cm³/mol. The quantitative estimate of drug-likeness (QED) is 0.567. The Bertz CT molecular complexity index is 1010. The largest absolute Gasteiger partial charge is 0.497 e. The highest BCUT2D eigenvalue weighted by molar-refractivity contribution is 6.36. The maximum Gasteiger partial charge on any atom is 0.278 e. The Kier molecular flexibility index (Phi) is 7.37. The molecule has 2 amide bonds. The third-order valence-electron chi connectivity index (χ3n) is 4.98. The average molecular weight is 440 g/mol. The van der Waals surface area contributed by atoms with Gasteiger partial charge in [-0.2, -0.15) is 0 Å². The second kappa shape index (κ2) is 10.2.